The topological polar surface area (TPSA) is 35.6 Å². The molecule has 1 aliphatic heterocycles. The third-order valence-corrected chi connectivity index (χ3v) is 4.44. The maximum absolute atomic E-state index is 12.2. The largest absolute Gasteiger partial charge is 0.340 e. The number of carbonyl (C=O) groups is 1. The highest BCUT2D eigenvalue weighted by Gasteiger charge is 2.25. The molecule has 0 aromatic carbocycles. The van der Waals surface area contributed by atoms with Gasteiger partial charge in [-0.15, -0.1) is 0 Å². The molecule has 4 nitrogen and oxygen atoms in total. The molecule has 0 aromatic rings. The second-order valence-corrected chi connectivity index (χ2v) is 5.93. The summed E-state index contributed by atoms with van der Waals surface area (Å²) in [4.78, 5) is 16.4. The van der Waals surface area contributed by atoms with Crippen LogP contribution in [0.3, 0.4) is 0 Å². The van der Waals surface area contributed by atoms with Crippen molar-refractivity contribution in [3.63, 3.8) is 0 Å². The van der Waals surface area contributed by atoms with Crippen LogP contribution in [0.2, 0.25) is 0 Å². The number of rotatable bonds is 4. The number of hydrogen-bond donors (Lipinski definition) is 1. The lowest BCUT2D eigenvalue weighted by Gasteiger charge is -2.36. The predicted molar refractivity (Wildman–Crippen MR) is 73.5 cm³/mol. The molecule has 1 saturated carbocycles. The van der Waals surface area contributed by atoms with E-state index >= 15 is 0 Å². The van der Waals surface area contributed by atoms with E-state index in [1.807, 2.05) is 11.9 Å². The Bertz CT molecular complexity index is 276. The molecule has 0 aromatic heterocycles. The van der Waals surface area contributed by atoms with Crippen LogP contribution < -0.4 is 5.32 Å². The molecule has 4 heteroatoms. The van der Waals surface area contributed by atoms with Crippen LogP contribution in [0.4, 0.5) is 0 Å². The van der Waals surface area contributed by atoms with Crippen molar-refractivity contribution in [1.29, 1.82) is 0 Å². The molecular formula is C14H27N3O. The second kappa shape index (κ2) is 6.53. The summed E-state index contributed by atoms with van der Waals surface area (Å²) in [5, 5.41) is 3.41. The van der Waals surface area contributed by atoms with E-state index in [1.165, 1.54) is 38.6 Å². The fourth-order valence-corrected chi connectivity index (χ4v) is 3.15. The zero-order valence-corrected chi connectivity index (χ0v) is 11.8. The molecule has 1 N–H and O–H groups in total. The number of likely N-dealkylation sites (tertiary alicyclic amines) is 1. The average Bonchev–Trinajstić information content (AvgIpc) is 2.88. The first-order chi connectivity index (χ1) is 8.66. The van der Waals surface area contributed by atoms with E-state index in [4.69, 9.17) is 0 Å². The van der Waals surface area contributed by atoms with Crippen LogP contribution in [-0.4, -0.2) is 61.5 Å². The lowest BCUT2D eigenvalue weighted by atomic mass is 10.1. The predicted octanol–water partition coefficient (Wildman–Crippen LogP) is 1.07. The Morgan fingerprint density at radius 1 is 1.28 bits per heavy atom. The Kier molecular flexibility index (Phi) is 5.01. The maximum atomic E-state index is 12.2. The van der Waals surface area contributed by atoms with Gasteiger partial charge in [0.2, 0.25) is 5.91 Å². The normalized spacial score (nSPS) is 26.4. The van der Waals surface area contributed by atoms with Crippen LogP contribution in [0.1, 0.15) is 38.5 Å². The highest BCUT2D eigenvalue weighted by Crippen LogP contribution is 2.17. The van der Waals surface area contributed by atoms with Gasteiger partial charge in [-0.2, -0.15) is 0 Å². The van der Waals surface area contributed by atoms with Gasteiger partial charge in [-0.3, -0.25) is 4.79 Å². The van der Waals surface area contributed by atoms with Gasteiger partial charge < -0.3 is 15.1 Å². The minimum Gasteiger partial charge on any atom is -0.340 e. The van der Waals surface area contributed by atoms with E-state index in [9.17, 15) is 4.79 Å². The Balaban J connectivity index is 1.73. The number of hydrogen-bond acceptors (Lipinski definition) is 3. The minimum atomic E-state index is 0.252. The summed E-state index contributed by atoms with van der Waals surface area (Å²) >= 11 is 0. The van der Waals surface area contributed by atoms with Gasteiger partial charge >= 0.3 is 0 Å². The van der Waals surface area contributed by atoms with Gasteiger partial charge in [0.1, 0.15) is 0 Å². The molecular weight excluding hydrogens is 226 g/mol. The summed E-state index contributed by atoms with van der Waals surface area (Å²) in [5.74, 6) is 0.252. The summed E-state index contributed by atoms with van der Waals surface area (Å²) in [6, 6.07) is 0.984. The van der Waals surface area contributed by atoms with Gasteiger partial charge in [-0.1, -0.05) is 12.8 Å². The van der Waals surface area contributed by atoms with Crippen molar-refractivity contribution in [1.82, 2.24) is 15.1 Å². The molecule has 1 amide bonds. The van der Waals surface area contributed by atoms with Crippen LogP contribution in [-0.2, 0) is 4.79 Å². The van der Waals surface area contributed by atoms with Gasteiger partial charge in [0.05, 0.1) is 6.54 Å². The number of piperidine rings is 1. The Morgan fingerprint density at radius 3 is 2.67 bits per heavy atom. The highest BCUT2D eigenvalue weighted by molar-refractivity contribution is 5.78. The van der Waals surface area contributed by atoms with Crippen LogP contribution in [0.25, 0.3) is 0 Å². The van der Waals surface area contributed by atoms with Crippen molar-refractivity contribution in [2.45, 2.75) is 50.6 Å². The molecule has 0 spiro atoms. The Morgan fingerprint density at radius 2 is 2.00 bits per heavy atom. The van der Waals surface area contributed by atoms with Crippen molar-refractivity contribution in [3.05, 3.63) is 0 Å². The van der Waals surface area contributed by atoms with Crippen molar-refractivity contribution in [2.75, 3.05) is 33.7 Å². The standard InChI is InChI=1S/C14H27N3O/c1-16-9-5-8-13(11-16)17(2)14(18)10-15-12-6-3-4-7-12/h12-13,15H,3-11H2,1-2H3. The van der Waals surface area contributed by atoms with Crippen LogP contribution in [0.5, 0.6) is 0 Å². The first-order valence-electron chi connectivity index (χ1n) is 7.34. The molecule has 1 unspecified atom stereocenters. The van der Waals surface area contributed by atoms with Gasteiger partial charge in [0.15, 0.2) is 0 Å². The van der Waals surface area contributed by atoms with E-state index in [-0.39, 0.29) is 5.91 Å². The van der Waals surface area contributed by atoms with E-state index in [0.717, 1.165) is 13.0 Å². The monoisotopic (exact) mass is 253 g/mol. The molecule has 1 heterocycles. The third-order valence-electron chi connectivity index (χ3n) is 4.44. The number of likely N-dealkylation sites (N-methyl/N-ethyl adjacent to an activating group) is 2. The maximum Gasteiger partial charge on any atom is 0.236 e. The molecule has 2 aliphatic rings. The molecule has 0 bridgehead atoms. The highest BCUT2D eigenvalue weighted by atomic mass is 16.2. The summed E-state index contributed by atoms with van der Waals surface area (Å²) in [6.45, 7) is 2.70. The Labute approximate surface area is 111 Å². The molecule has 2 fully saturated rings. The molecule has 1 aliphatic carbocycles. The first kappa shape index (κ1) is 13.8. The van der Waals surface area contributed by atoms with Gasteiger partial charge in [0.25, 0.3) is 0 Å². The smallest absolute Gasteiger partial charge is 0.236 e. The quantitative estimate of drug-likeness (QED) is 0.814. The summed E-state index contributed by atoms with van der Waals surface area (Å²) in [7, 11) is 4.10. The van der Waals surface area contributed by atoms with E-state index in [2.05, 4.69) is 17.3 Å². The molecule has 2 rings (SSSR count). The van der Waals surface area contributed by atoms with Crippen molar-refractivity contribution in [3.8, 4) is 0 Å². The fourth-order valence-electron chi connectivity index (χ4n) is 3.15. The number of nitrogens with one attached hydrogen (secondary N) is 1. The first-order valence-corrected chi connectivity index (χ1v) is 7.34. The third kappa shape index (κ3) is 3.69. The van der Waals surface area contributed by atoms with Crippen LogP contribution in [0, 0.1) is 0 Å². The van der Waals surface area contributed by atoms with Crippen molar-refractivity contribution in [2.24, 2.45) is 0 Å². The number of nitrogens with zero attached hydrogens (tertiary/aromatic N) is 2. The molecule has 1 atom stereocenters. The summed E-state index contributed by atoms with van der Waals surface area (Å²) < 4.78 is 0. The minimum absolute atomic E-state index is 0.252. The lowest BCUT2D eigenvalue weighted by Crippen LogP contribution is -2.50. The van der Waals surface area contributed by atoms with Crippen molar-refractivity contribution < 1.29 is 4.79 Å². The molecule has 18 heavy (non-hydrogen) atoms. The fraction of sp³-hybridized carbons (Fsp3) is 0.929. The Hall–Kier alpha value is -0.610. The van der Waals surface area contributed by atoms with E-state index in [0.29, 0.717) is 18.6 Å². The second-order valence-electron chi connectivity index (χ2n) is 5.93. The summed E-state index contributed by atoms with van der Waals surface area (Å²) in [5.41, 5.74) is 0. The van der Waals surface area contributed by atoms with Gasteiger partial charge in [-0.05, 0) is 39.3 Å². The van der Waals surface area contributed by atoms with Crippen LogP contribution in [0.15, 0.2) is 0 Å². The average molecular weight is 253 g/mol. The SMILES string of the molecule is CN1CCCC(N(C)C(=O)CNC2CCCC2)C1. The molecule has 1 saturated heterocycles. The van der Waals surface area contributed by atoms with Crippen LogP contribution >= 0.6 is 0 Å². The van der Waals surface area contributed by atoms with Gasteiger partial charge in [0, 0.05) is 25.7 Å². The van der Waals surface area contributed by atoms with Crippen molar-refractivity contribution >= 4 is 5.91 Å². The van der Waals surface area contributed by atoms with E-state index in [1.54, 1.807) is 0 Å². The lowest BCUT2D eigenvalue weighted by molar-refractivity contribution is -0.132. The number of carbonyl (C=O) groups excluding carboxylic acids is 1. The number of amides is 1. The zero-order chi connectivity index (χ0) is 13.0. The summed E-state index contributed by atoms with van der Waals surface area (Å²) in [6.07, 6.45) is 7.46. The van der Waals surface area contributed by atoms with Gasteiger partial charge in [-0.25, -0.2) is 0 Å². The molecule has 0 radical (unpaired) electrons. The zero-order valence-electron chi connectivity index (χ0n) is 11.8. The molecule has 104 valence electrons. The van der Waals surface area contributed by atoms with E-state index < -0.39 is 0 Å².